The fourth-order valence-electron chi connectivity index (χ4n) is 3.32. The van der Waals surface area contributed by atoms with Crippen LogP contribution in [0.3, 0.4) is 0 Å². The maximum absolute atomic E-state index is 12.3. The van der Waals surface area contributed by atoms with E-state index < -0.39 is 24.5 Å². The van der Waals surface area contributed by atoms with E-state index in [2.05, 4.69) is 10.6 Å². The molecule has 0 bridgehead atoms. The zero-order valence-corrected chi connectivity index (χ0v) is 20.6. The van der Waals surface area contributed by atoms with E-state index in [0.29, 0.717) is 17.9 Å². The van der Waals surface area contributed by atoms with Crippen LogP contribution in [-0.4, -0.2) is 37.0 Å². The first-order valence-electron chi connectivity index (χ1n) is 12.0. The molecule has 0 radical (unpaired) electrons. The first kappa shape index (κ1) is 27.6. The van der Waals surface area contributed by atoms with Gasteiger partial charge in [0.15, 0.2) is 6.61 Å². The lowest BCUT2D eigenvalue weighted by Crippen LogP contribution is -2.23. The molecule has 0 fully saturated rings. The van der Waals surface area contributed by atoms with Gasteiger partial charge in [0.25, 0.3) is 5.91 Å². The third-order valence-electron chi connectivity index (χ3n) is 5.32. The lowest BCUT2D eigenvalue weighted by Gasteiger charge is -2.14. The van der Waals surface area contributed by atoms with Gasteiger partial charge in [-0.2, -0.15) is 0 Å². The standard InChI is InChI=1S/C27H34N2O6/c1-4-7-17-34-27(33)21-11-13-22(14-12-21)28-23(30)15-16-25(32)35-18-24(31)29-26-19(5-2)9-8-10-20(26)6-3/h8-14H,4-7,15-18H2,1-3H3,(H,28,30)(H,29,31). The molecule has 188 valence electrons. The quantitative estimate of drug-likeness (QED) is 0.317. The lowest BCUT2D eigenvalue weighted by atomic mass is 10.0. The van der Waals surface area contributed by atoms with Crippen LogP contribution < -0.4 is 10.6 Å². The molecule has 8 nitrogen and oxygen atoms in total. The average Bonchev–Trinajstić information content (AvgIpc) is 2.86. The summed E-state index contributed by atoms with van der Waals surface area (Å²) >= 11 is 0. The van der Waals surface area contributed by atoms with Crippen LogP contribution >= 0.6 is 0 Å². The highest BCUT2D eigenvalue weighted by Gasteiger charge is 2.14. The van der Waals surface area contributed by atoms with Gasteiger partial charge in [-0.1, -0.05) is 45.4 Å². The summed E-state index contributed by atoms with van der Waals surface area (Å²) in [7, 11) is 0. The summed E-state index contributed by atoms with van der Waals surface area (Å²) in [4.78, 5) is 48.3. The second-order valence-corrected chi connectivity index (χ2v) is 7.98. The lowest BCUT2D eigenvalue weighted by molar-refractivity contribution is -0.147. The summed E-state index contributed by atoms with van der Waals surface area (Å²) in [6.07, 6.45) is 3.02. The number of amides is 2. The number of ether oxygens (including phenoxy) is 2. The molecule has 8 heteroatoms. The molecule has 0 aliphatic carbocycles. The number of para-hydroxylation sites is 1. The largest absolute Gasteiger partial charge is 0.462 e. The van der Waals surface area contributed by atoms with Gasteiger partial charge in [-0.3, -0.25) is 14.4 Å². The number of rotatable bonds is 13. The van der Waals surface area contributed by atoms with Gasteiger partial charge < -0.3 is 20.1 Å². The molecular formula is C27H34N2O6. The van der Waals surface area contributed by atoms with Crippen molar-refractivity contribution >= 4 is 35.1 Å². The van der Waals surface area contributed by atoms with Crippen LogP contribution in [0.4, 0.5) is 11.4 Å². The molecule has 0 unspecified atom stereocenters. The van der Waals surface area contributed by atoms with E-state index in [1.165, 1.54) is 0 Å². The third-order valence-corrected chi connectivity index (χ3v) is 5.32. The van der Waals surface area contributed by atoms with E-state index in [1.807, 2.05) is 39.0 Å². The summed E-state index contributed by atoms with van der Waals surface area (Å²) in [5.41, 5.74) is 3.69. The molecule has 2 aromatic rings. The summed E-state index contributed by atoms with van der Waals surface area (Å²) in [5, 5.41) is 5.49. The molecule has 0 saturated carbocycles. The van der Waals surface area contributed by atoms with Crippen molar-refractivity contribution in [2.24, 2.45) is 0 Å². The van der Waals surface area contributed by atoms with E-state index in [-0.39, 0.29) is 18.7 Å². The first-order valence-corrected chi connectivity index (χ1v) is 12.0. The van der Waals surface area contributed by atoms with Crippen molar-refractivity contribution in [2.75, 3.05) is 23.8 Å². The van der Waals surface area contributed by atoms with E-state index in [9.17, 15) is 19.2 Å². The minimum Gasteiger partial charge on any atom is -0.462 e. The second kappa shape index (κ2) is 14.6. The predicted molar refractivity (Wildman–Crippen MR) is 134 cm³/mol. The maximum atomic E-state index is 12.3. The van der Waals surface area contributed by atoms with Crippen molar-refractivity contribution in [3.05, 3.63) is 59.2 Å². The van der Waals surface area contributed by atoms with E-state index >= 15 is 0 Å². The average molecular weight is 483 g/mol. The van der Waals surface area contributed by atoms with E-state index in [1.54, 1.807) is 24.3 Å². The van der Waals surface area contributed by atoms with Crippen molar-refractivity contribution in [1.29, 1.82) is 0 Å². The van der Waals surface area contributed by atoms with Crippen LogP contribution in [0.1, 0.15) is 67.9 Å². The van der Waals surface area contributed by atoms with Crippen molar-refractivity contribution < 1.29 is 28.7 Å². The number of carbonyl (C=O) groups excluding carboxylic acids is 4. The van der Waals surface area contributed by atoms with Gasteiger partial charge in [0.1, 0.15) is 0 Å². The molecule has 0 aliphatic heterocycles. The summed E-state index contributed by atoms with van der Waals surface area (Å²) in [5.74, 6) is -1.85. The Kier molecular flexibility index (Phi) is 11.5. The molecule has 2 rings (SSSR count). The van der Waals surface area contributed by atoms with Gasteiger partial charge in [-0.25, -0.2) is 4.79 Å². The number of esters is 2. The van der Waals surface area contributed by atoms with Gasteiger partial charge in [0.2, 0.25) is 5.91 Å². The van der Waals surface area contributed by atoms with Gasteiger partial charge in [-0.15, -0.1) is 0 Å². The molecule has 0 spiro atoms. The number of benzene rings is 2. The summed E-state index contributed by atoms with van der Waals surface area (Å²) in [6.45, 7) is 5.98. The Morgan fingerprint density at radius 2 is 1.43 bits per heavy atom. The highest BCUT2D eigenvalue weighted by molar-refractivity contribution is 5.96. The van der Waals surface area contributed by atoms with Gasteiger partial charge >= 0.3 is 11.9 Å². The fraction of sp³-hybridized carbons (Fsp3) is 0.407. The molecule has 35 heavy (non-hydrogen) atoms. The van der Waals surface area contributed by atoms with Crippen LogP contribution in [0.5, 0.6) is 0 Å². The molecule has 0 atom stereocenters. The Labute approximate surface area is 206 Å². The van der Waals surface area contributed by atoms with Crippen molar-refractivity contribution in [3.8, 4) is 0 Å². The molecule has 2 aromatic carbocycles. The van der Waals surface area contributed by atoms with Crippen molar-refractivity contribution in [3.63, 3.8) is 0 Å². The van der Waals surface area contributed by atoms with Crippen LogP contribution in [0.15, 0.2) is 42.5 Å². The van der Waals surface area contributed by atoms with Gasteiger partial charge in [0, 0.05) is 17.8 Å². The Hall–Kier alpha value is -3.68. The predicted octanol–water partition coefficient (Wildman–Crippen LogP) is 4.67. The van der Waals surface area contributed by atoms with Crippen LogP contribution in [0, 0.1) is 0 Å². The number of unbranched alkanes of at least 4 members (excludes halogenated alkanes) is 1. The Bertz CT molecular complexity index is 995. The van der Waals surface area contributed by atoms with E-state index in [0.717, 1.165) is 42.5 Å². The molecule has 0 heterocycles. The number of nitrogens with one attached hydrogen (secondary N) is 2. The number of hydrogen-bond acceptors (Lipinski definition) is 6. The van der Waals surface area contributed by atoms with Gasteiger partial charge in [0.05, 0.1) is 18.6 Å². The summed E-state index contributed by atoms with van der Waals surface area (Å²) in [6, 6.07) is 12.2. The number of carbonyl (C=O) groups is 4. The third kappa shape index (κ3) is 9.23. The fourth-order valence-corrected chi connectivity index (χ4v) is 3.32. The number of anilines is 2. The number of aryl methyl sites for hydroxylation is 2. The Balaban J connectivity index is 1.74. The zero-order valence-electron chi connectivity index (χ0n) is 20.6. The smallest absolute Gasteiger partial charge is 0.338 e. The van der Waals surface area contributed by atoms with Crippen molar-refractivity contribution in [1.82, 2.24) is 0 Å². The molecular weight excluding hydrogens is 448 g/mol. The molecule has 2 amide bonds. The van der Waals surface area contributed by atoms with Crippen LogP contribution in [0.25, 0.3) is 0 Å². The molecule has 0 saturated heterocycles. The molecule has 2 N–H and O–H groups in total. The van der Waals surface area contributed by atoms with Crippen molar-refractivity contribution in [2.45, 2.75) is 59.3 Å². The SMILES string of the molecule is CCCCOC(=O)c1ccc(NC(=O)CCC(=O)OCC(=O)Nc2c(CC)cccc2CC)cc1. The normalized spacial score (nSPS) is 10.4. The van der Waals surface area contributed by atoms with E-state index in [4.69, 9.17) is 9.47 Å². The second-order valence-electron chi connectivity index (χ2n) is 7.98. The Morgan fingerprint density at radius 1 is 0.771 bits per heavy atom. The Morgan fingerprint density at radius 3 is 2.03 bits per heavy atom. The van der Waals surface area contributed by atoms with Crippen LogP contribution in [-0.2, 0) is 36.7 Å². The topological polar surface area (TPSA) is 111 Å². The molecule has 0 aliphatic rings. The summed E-state index contributed by atoms with van der Waals surface area (Å²) < 4.78 is 10.2. The first-order chi connectivity index (χ1) is 16.9. The highest BCUT2D eigenvalue weighted by Crippen LogP contribution is 2.22. The van der Waals surface area contributed by atoms with Crippen LogP contribution in [0.2, 0.25) is 0 Å². The minimum atomic E-state index is -0.639. The minimum absolute atomic E-state index is 0.0973. The zero-order chi connectivity index (χ0) is 25.6. The van der Waals surface area contributed by atoms with Gasteiger partial charge in [-0.05, 0) is 54.7 Å². The number of hydrogen-bond donors (Lipinski definition) is 2. The maximum Gasteiger partial charge on any atom is 0.338 e. The highest BCUT2D eigenvalue weighted by atomic mass is 16.5. The monoisotopic (exact) mass is 482 g/mol. The molecule has 0 aromatic heterocycles.